The zero-order valence-electron chi connectivity index (χ0n) is 16.9. The van der Waals surface area contributed by atoms with Crippen LogP contribution in [-0.4, -0.2) is 58.5 Å². The summed E-state index contributed by atoms with van der Waals surface area (Å²) in [5, 5.41) is 9.31. The lowest BCUT2D eigenvalue weighted by molar-refractivity contribution is -0.146. The van der Waals surface area contributed by atoms with Gasteiger partial charge in [-0.25, -0.2) is 0 Å². The number of rotatable bonds is 4. The summed E-state index contributed by atoms with van der Waals surface area (Å²) in [6.45, 7) is 3.62. The van der Waals surface area contributed by atoms with Crippen molar-refractivity contribution in [1.82, 2.24) is 9.80 Å². The van der Waals surface area contributed by atoms with Crippen LogP contribution in [0.15, 0.2) is 48.5 Å². The van der Waals surface area contributed by atoms with E-state index in [1.807, 2.05) is 36.4 Å². The maximum atomic E-state index is 13.5. The molecule has 1 N–H and O–H groups in total. The summed E-state index contributed by atoms with van der Waals surface area (Å²) in [4.78, 5) is 30.3. The topological polar surface area (TPSA) is 60.9 Å². The Morgan fingerprint density at radius 2 is 1.83 bits per heavy atom. The summed E-state index contributed by atoms with van der Waals surface area (Å²) < 4.78 is 0. The van der Waals surface area contributed by atoms with E-state index in [0.29, 0.717) is 38.0 Å². The Kier molecular flexibility index (Phi) is 5.41. The summed E-state index contributed by atoms with van der Waals surface area (Å²) in [5.74, 6) is -0.0733. The predicted molar refractivity (Wildman–Crippen MR) is 113 cm³/mol. The van der Waals surface area contributed by atoms with Gasteiger partial charge in [0.2, 0.25) is 5.91 Å². The van der Waals surface area contributed by atoms with Crippen LogP contribution >= 0.6 is 0 Å². The van der Waals surface area contributed by atoms with E-state index < -0.39 is 5.54 Å². The average molecular weight is 392 g/mol. The molecule has 2 aliphatic rings. The number of aryl methyl sites for hydroxylation is 1. The maximum Gasteiger partial charge on any atom is 0.254 e. The second-order valence-electron chi connectivity index (χ2n) is 8.11. The second-order valence-corrected chi connectivity index (χ2v) is 8.11. The molecule has 0 aliphatic carbocycles. The highest BCUT2D eigenvalue weighted by molar-refractivity contribution is 6.00. The fourth-order valence-electron chi connectivity index (χ4n) is 4.93. The minimum absolute atomic E-state index is 0.00120. The molecule has 2 aromatic carbocycles. The highest BCUT2D eigenvalue weighted by Gasteiger charge is 2.52. The van der Waals surface area contributed by atoms with Gasteiger partial charge in [0, 0.05) is 25.2 Å². The molecule has 5 heteroatoms. The summed E-state index contributed by atoms with van der Waals surface area (Å²) in [5.41, 5.74) is 3.17. The van der Waals surface area contributed by atoms with E-state index in [1.54, 1.807) is 9.80 Å². The first-order valence-corrected chi connectivity index (χ1v) is 10.4. The highest BCUT2D eigenvalue weighted by Crippen LogP contribution is 2.39. The molecular formula is C24H28N2O3. The van der Waals surface area contributed by atoms with Gasteiger partial charge in [0.25, 0.3) is 5.91 Å². The molecule has 5 nitrogen and oxygen atoms in total. The van der Waals surface area contributed by atoms with E-state index in [1.165, 1.54) is 0 Å². The minimum Gasteiger partial charge on any atom is -0.395 e. The van der Waals surface area contributed by atoms with Crippen molar-refractivity contribution in [3.05, 3.63) is 59.7 Å². The number of hydrogen-bond acceptors (Lipinski definition) is 3. The second kappa shape index (κ2) is 7.99. The number of amides is 2. The third-order valence-electron chi connectivity index (χ3n) is 6.37. The van der Waals surface area contributed by atoms with E-state index in [2.05, 4.69) is 19.1 Å². The van der Waals surface area contributed by atoms with Gasteiger partial charge in [-0.3, -0.25) is 9.59 Å². The lowest BCUT2D eigenvalue weighted by Gasteiger charge is -2.44. The predicted octanol–water partition coefficient (Wildman–Crippen LogP) is 3.25. The van der Waals surface area contributed by atoms with Crippen molar-refractivity contribution in [1.29, 1.82) is 0 Å². The summed E-state index contributed by atoms with van der Waals surface area (Å²) in [6.07, 6.45) is 3.11. The van der Waals surface area contributed by atoms with Crippen LogP contribution in [0.2, 0.25) is 0 Å². The maximum absolute atomic E-state index is 13.5. The van der Waals surface area contributed by atoms with Crippen molar-refractivity contribution in [2.45, 2.75) is 38.1 Å². The van der Waals surface area contributed by atoms with Crippen molar-refractivity contribution < 1.29 is 14.7 Å². The van der Waals surface area contributed by atoms with Crippen LogP contribution in [0.1, 0.15) is 41.6 Å². The fraction of sp³-hybridized carbons (Fsp3) is 0.417. The Morgan fingerprint density at radius 3 is 2.59 bits per heavy atom. The van der Waals surface area contributed by atoms with Gasteiger partial charge in [0.05, 0.1) is 6.61 Å². The Hall–Kier alpha value is -2.66. The zero-order valence-corrected chi connectivity index (χ0v) is 16.9. The summed E-state index contributed by atoms with van der Waals surface area (Å²) in [7, 11) is 0. The molecule has 0 radical (unpaired) electrons. The lowest BCUT2D eigenvalue weighted by Crippen LogP contribution is -2.61. The molecule has 2 aromatic rings. The summed E-state index contributed by atoms with van der Waals surface area (Å²) >= 11 is 0. The largest absolute Gasteiger partial charge is 0.395 e. The molecule has 2 aliphatic heterocycles. The number of carbonyl (C=O) groups excluding carboxylic acids is 2. The third kappa shape index (κ3) is 3.44. The quantitative estimate of drug-likeness (QED) is 0.869. The van der Waals surface area contributed by atoms with E-state index in [9.17, 15) is 14.7 Å². The summed E-state index contributed by atoms with van der Waals surface area (Å²) in [6, 6.07) is 15.9. The van der Waals surface area contributed by atoms with Crippen molar-refractivity contribution in [3.63, 3.8) is 0 Å². The van der Waals surface area contributed by atoms with Crippen LogP contribution in [0.3, 0.4) is 0 Å². The monoisotopic (exact) mass is 392 g/mol. The SMILES string of the molecule is Cc1ccccc1-c1cccc(C(=O)N2CCCC23CCCN(CCO)C3=O)c1. The molecule has 2 amide bonds. The molecule has 2 saturated heterocycles. The number of carbonyl (C=O) groups is 2. The number of benzene rings is 2. The van der Waals surface area contributed by atoms with E-state index in [4.69, 9.17) is 0 Å². The van der Waals surface area contributed by atoms with Crippen LogP contribution in [0.25, 0.3) is 11.1 Å². The van der Waals surface area contributed by atoms with Crippen molar-refractivity contribution in [2.24, 2.45) is 0 Å². The smallest absolute Gasteiger partial charge is 0.254 e. The van der Waals surface area contributed by atoms with Gasteiger partial charge >= 0.3 is 0 Å². The van der Waals surface area contributed by atoms with Crippen LogP contribution in [-0.2, 0) is 4.79 Å². The molecule has 152 valence electrons. The molecule has 4 rings (SSSR count). The first-order valence-electron chi connectivity index (χ1n) is 10.4. The van der Waals surface area contributed by atoms with Crippen LogP contribution in [0.4, 0.5) is 0 Å². The van der Waals surface area contributed by atoms with Gasteiger partial charge in [0.1, 0.15) is 5.54 Å². The number of likely N-dealkylation sites (tertiary alicyclic amines) is 2. The van der Waals surface area contributed by atoms with Gasteiger partial charge in [-0.1, -0.05) is 36.4 Å². The molecule has 0 saturated carbocycles. The van der Waals surface area contributed by atoms with Crippen LogP contribution in [0, 0.1) is 6.92 Å². The van der Waals surface area contributed by atoms with Gasteiger partial charge in [-0.15, -0.1) is 0 Å². The number of nitrogens with zero attached hydrogens (tertiary/aromatic N) is 2. The third-order valence-corrected chi connectivity index (χ3v) is 6.37. The molecular weight excluding hydrogens is 364 g/mol. The van der Waals surface area contributed by atoms with Gasteiger partial charge in [0.15, 0.2) is 0 Å². The van der Waals surface area contributed by atoms with E-state index >= 15 is 0 Å². The Bertz CT molecular complexity index is 924. The molecule has 0 aromatic heterocycles. The number of hydrogen-bond donors (Lipinski definition) is 1. The number of piperidine rings is 1. The highest BCUT2D eigenvalue weighted by atomic mass is 16.3. The molecule has 29 heavy (non-hydrogen) atoms. The van der Waals surface area contributed by atoms with Crippen molar-refractivity contribution in [3.8, 4) is 11.1 Å². The van der Waals surface area contributed by atoms with Crippen molar-refractivity contribution >= 4 is 11.8 Å². The van der Waals surface area contributed by atoms with Crippen molar-refractivity contribution in [2.75, 3.05) is 26.2 Å². The Labute approximate surface area is 171 Å². The first-order chi connectivity index (χ1) is 14.1. The van der Waals surface area contributed by atoms with E-state index in [-0.39, 0.29) is 18.4 Å². The van der Waals surface area contributed by atoms with Gasteiger partial charge in [-0.05, 0) is 61.4 Å². The molecule has 0 bridgehead atoms. The molecule has 1 unspecified atom stereocenters. The molecule has 2 heterocycles. The number of aliphatic hydroxyl groups excluding tert-OH is 1. The van der Waals surface area contributed by atoms with E-state index in [0.717, 1.165) is 29.5 Å². The van der Waals surface area contributed by atoms with Gasteiger partial charge in [-0.2, -0.15) is 0 Å². The minimum atomic E-state index is -0.747. The molecule has 1 atom stereocenters. The fourth-order valence-corrected chi connectivity index (χ4v) is 4.93. The molecule has 2 fully saturated rings. The Balaban J connectivity index is 1.65. The Morgan fingerprint density at radius 1 is 1.07 bits per heavy atom. The average Bonchev–Trinajstić information content (AvgIpc) is 3.16. The standard InChI is InChI=1S/C24H28N2O3/c1-18-7-2-3-10-21(18)19-8-4-9-20(17-19)22(28)26-14-6-12-24(26)11-5-13-25(15-16-27)23(24)29/h2-4,7-10,17,27H,5-6,11-16H2,1H3. The molecule has 1 spiro atoms. The van der Waals surface area contributed by atoms with Crippen LogP contribution in [0.5, 0.6) is 0 Å². The normalized spacial score (nSPS) is 21.8. The van der Waals surface area contributed by atoms with Crippen LogP contribution < -0.4 is 0 Å². The lowest BCUT2D eigenvalue weighted by atomic mass is 9.85. The zero-order chi connectivity index (χ0) is 20.4. The first kappa shape index (κ1) is 19.6. The number of aliphatic hydroxyl groups is 1. The number of β-amino-alcohol motifs (C(OH)–C–C–N with tert-alkyl or cyclic N) is 1. The van der Waals surface area contributed by atoms with Gasteiger partial charge < -0.3 is 14.9 Å².